The summed E-state index contributed by atoms with van der Waals surface area (Å²) >= 11 is 0. The first-order valence-corrected chi connectivity index (χ1v) is 13.8. The first-order valence-electron chi connectivity index (χ1n) is 13.8. The molecule has 2 atom stereocenters. The van der Waals surface area contributed by atoms with E-state index in [1.165, 1.54) is 0 Å². The second-order valence-corrected chi connectivity index (χ2v) is 11.5. The molecular formula is C33H41N3O7. The summed E-state index contributed by atoms with van der Waals surface area (Å²) < 4.78 is 10.3. The van der Waals surface area contributed by atoms with Crippen LogP contribution in [0.4, 0.5) is 9.59 Å². The second-order valence-electron chi connectivity index (χ2n) is 11.5. The van der Waals surface area contributed by atoms with Crippen molar-refractivity contribution >= 4 is 24.1 Å². The molecule has 43 heavy (non-hydrogen) atoms. The topological polar surface area (TPSA) is 143 Å². The highest BCUT2D eigenvalue weighted by molar-refractivity contribution is 5.87. The molecule has 0 unspecified atom stereocenters. The SMILES string of the molecule is CC(C)(C)OC(=O)N[C@H](C(=O)NCc1ccccc1)c1ccccc1.CC(C)(C)OC(=O)N[C@H](C(=O)O)c1ccccc1. The van der Waals surface area contributed by atoms with Gasteiger partial charge in [0.2, 0.25) is 5.91 Å². The van der Waals surface area contributed by atoms with E-state index in [1.54, 1.807) is 84.0 Å². The van der Waals surface area contributed by atoms with Crippen molar-refractivity contribution in [3.8, 4) is 0 Å². The lowest BCUT2D eigenvalue weighted by molar-refractivity contribution is -0.139. The number of nitrogens with one attached hydrogen (secondary N) is 3. The van der Waals surface area contributed by atoms with E-state index in [0.717, 1.165) is 5.56 Å². The Hall–Kier alpha value is -4.86. The van der Waals surface area contributed by atoms with Gasteiger partial charge in [0.15, 0.2) is 6.04 Å². The fourth-order valence-electron chi connectivity index (χ4n) is 3.62. The summed E-state index contributed by atoms with van der Waals surface area (Å²) in [5.41, 5.74) is 0.880. The number of aliphatic carboxylic acids is 1. The molecule has 0 fully saturated rings. The number of carbonyl (C=O) groups is 4. The number of carbonyl (C=O) groups excluding carboxylic acids is 3. The lowest BCUT2D eigenvalue weighted by Crippen LogP contribution is -2.42. The Labute approximate surface area is 252 Å². The first kappa shape index (κ1) is 34.3. The maximum atomic E-state index is 12.6. The molecule has 0 spiro atoms. The molecule has 3 amide bonds. The number of carboxylic acids is 1. The molecule has 0 aliphatic heterocycles. The van der Waals surface area contributed by atoms with Crippen molar-refractivity contribution in [3.05, 3.63) is 108 Å². The van der Waals surface area contributed by atoms with Gasteiger partial charge in [0, 0.05) is 6.54 Å². The van der Waals surface area contributed by atoms with Gasteiger partial charge in [0.25, 0.3) is 0 Å². The zero-order chi connectivity index (χ0) is 32.0. The lowest BCUT2D eigenvalue weighted by atomic mass is 10.1. The first-order chi connectivity index (χ1) is 20.1. The number of hydrogen-bond donors (Lipinski definition) is 4. The van der Waals surface area contributed by atoms with Crippen LogP contribution in [0.1, 0.15) is 70.3 Å². The average molecular weight is 592 g/mol. The molecule has 3 aromatic carbocycles. The summed E-state index contributed by atoms with van der Waals surface area (Å²) in [4.78, 5) is 47.4. The summed E-state index contributed by atoms with van der Waals surface area (Å²) in [5.74, 6) is -1.42. The van der Waals surface area contributed by atoms with Crippen molar-refractivity contribution < 1.29 is 33.8 Å². The third-order valence-electron chi connectivity index (χ3n) is 5.41. The van der Waals surface area contributed by atoms with Crippen molar-refractivity contribution in [3.63, 3.8) is 0 Å². The summed E-state index contributed by atoms with van der Waals surface area (Å²) in [6.07, 6.45) is -1.38. The van der Waals surface area contributed by atoms with E-state index >= 15 is 0 Å². The molecular weight excluding hydrogens is 550 g/mol. The smallest absolute Gasteiger partial charge is 0.408 e. The molecule has 230 valence electrons. The van der Waals surface area contributed by atoms with Gasteiger partial charge in [-0.1, -0.05) is 91.0 Å². The minimum Gasteiger partial charge on any atom is -0.479 e. The van der Waals surface area contributed by atoms with Gasteiger partial charge in [0.1, 0.15) is 17.2 Å². The summed E-state index contributed by atoms with van der Waals surface area (Å²) in [7, 11) is 0. The van der Waals surface area contributed by atoms with Crippen molar-refractivity contribution in [1.29, 1.82) is 0 Å². The zero-order valence-corrected chi connectivity index (χ0v) is 25.4. The van der Waals surface area contributed by atoms with Crippen molar-refractivity contribution in [1.82, 2.24) is 16.0 Å². The van der Waals surface area contributed by atoms with Gasteiger partial charge >= 0.3 is 18.2 Å². The fourth-order valence-corrected chi connectivity index (χ4v) is 3.62. The second kappa shape index (κ2) is 16.0. The number of alkyl carbamates (subject to hydrolysis) is 2. The number of benzene rings is 3. The minimum atomic E-state index is -1.13. The van der Waals surface area contributed by atoms with Crippen LogP contribution < -0.4 is 16.0 Å². The zero-order valence-electron chi connectivity index (χ0n) is 25.4. The Morgan fingerprint density at radius 1 is 0.628 bits per heavy atom. The third kappa shape index (κ3) is 13.6. The molecule has 3 rings (SSSR count). The van der Waals surface area contributed by atoms with Crippen molar-refractivity contribution in [2.75, 3.05) is 0 Å². The fraction of sp³-hybridized carbons (Fsp3) is 0.333. The molecule has 0 heterocycles. The van der Waals surface area contributed by atoms with E-state index in [0.29, 0.717) is 17.7 Å². The van der Waals surface area contributed by atoms with Crippen LogP contribution in [-0.4, -0.2) is 40.4 Å². The van der Waals surface area contributed by atoms with Gasteiger partial charge in [0.05, 0.1) is 0 Å². The third-order valence-corrected chi connectivity index (χ3v) is 5.41. The summed E-state index contributed by atoms with van der Waals surface area (Å²) in [5, 5.41) is 16.9. The minimum absolute atomic E-state index is 0.291. The predicted octanol–water partition coefficient (Wildman–Crippen LogP) is 5.91. The Bertz CT molecular complexity index is 1320. The maximum Gasteiger partial charge on any atom is 0.408 e. The number of hydrogen-bond acceptors (Lipinski definition) is 6. The molecule has 4 N–H and O–H groups in total. The molecule has 0 aliphatic carbocycles. The molecule has 0 bridgehead atoms. The van der Waals surface area contributed by atoms with Crippen molar-refractivity contribution in [2.24, 2.45) is 0 Å². The molecule has 0 aliphatic rings. The highest BCUT2D eigenvalue weighted by atomic mass is 16.6. The highest BCUT2D eigenvalue weighted by Gasteiger charge is 2.26. The molecule has 0 radical (unpaired) electrons. The Balaban J connectivity index is 0.000000317. The largest absolute Gasteiger partial charge is 0.479 e. The molecule has 0 saturated carbocycles. The van der Waals surface area contributed by atoms with Gasteiger partial charge in [-0.3, -0.25) is 4.79 Å². The monoisotopic (exact) mass is 591 g/mol. The van der Waals surface area contributed by atoms with Gasteiger partial charge in [-0.05, 0) is 58.2 Å². The average Bonchev–Trinajstić information content (AvgIpc) is 2.93. The molecule has 10 heteroatoms. The van der Waals surface area contributed by atoms with Crippen molar-refractivity contribution in [2.45, 2.75) is 71.4 Å². The van der Waals surface area contributed by atoms with Gasteiger partial charge in [-0.2, -0.15) is 0 Å². The Morgan fingerprint density at radius 2 is 1.00 bits per heavy atom. The van der Waals surface area contributed by atoms with Gasteiger partial charge < -0.3 is 30.5 Å². The number of rotatable bonds is 8. The number of carboxylic acid groups (broad SMARTS) is 1. The maximum absolute atomic E-state index is 12.6. The van der Waals surface area contributed by atoms with Crippen LogP contribution in [0.3, 0.4) is 0 Å². The predicted molar refractivity (Wildman–Crippen MR) is 163 cm³/mol. The summed E-state index contributed by atoms with van der Waals surface area (Å²) in [6, 6.07) is 25.2. The van der Waals surface area contributed by atoms with Crippen LogP contribution in [0.15, 0.2) is 91.0 Å². The van der Waals surface area contributed by atoms with Crippen LogP contribution in [-0.2, 0) is 25.6 Å². The van der Waals surface area contributed by atoms with Crippen LogP contribution in [0.5, 0.6) is 0 Å². The molecule has 0 saturated heterocycles. The van der Waals surface area contributed by atoms with E-state index in [9.17, 15) is 19.2 Å². The van der Waals surface area contributed by atoms with Crippen LogP contribution >= 0.6 is 0 Å². The normalized spacial score (nSPS) is 12.3. The molecule has 3 aromatic rings. The van der Waals surface area contributed by atoms with E-state index in [2.05, 4.69) is 16.0 Å². The summed E-state index contributed by atoms with van der Waals surface area (Å²) in [6.45, 7) is 10.9. The Morgan fingerprint density at radius 3 is 1.40 bits per heavy atom. The van der Waals surface area contributed by atoms with E-state index in [4.69, 9.17) is 14.6 Å². The van der Waals surface area contributed by atoms with Gasteiger partial charge in [-0.15, -0.1) is 0 Å². The molecule has 10 nitrogen and oxygen atoms in total. The van der Waals surface area contributed by atoms with Gasteiger partial charge in [-0.25, -0.2) is 14.4 Å². The highest BCUT2D eigenvalue weighted by Crippen LogP contribution is 2.16. The van der Waals surface area contributed by atoms with Crippen LogP contribution in [0.25, 0.3) is 0 Å². The Kier molecular flexibility index (Phi) is 12.7. The molecule has 0 aromatic heterocycles. The van der Waals surface area contributed by atoms with E-state index in [-0.39, 0.29) is 5.91 Å². The van der Waals surface area contributed by atoms with E-state index in [1.807, 2.05) is 48.5 Å². The standard InChI is InChI=1S/C20H24N2O3.C13H17NO4/c1-20(2,3)25-19(24)22-17(16-12-8-5-9-13-16)18(23)21-14-15-10-6-4-7-11-15;1-13(2,3)18-12(17)14-10(11(15)16)9-7-5-4-6-8-9/h4-13,17H,14H2,1-3H3,(H,21,23)(H,22,24);4-8,10H,1-3H3,(H,14,17)(H,15,16)/t17-;10-/m00/s1. The lowest BCUT2D eigenvalue weighted by Gasteiger charge is -2.23. The van der Waals surface area contributed by atoms with E-state index < -0.39 is 41.4 Å². The van der Waals surface area contributed by atoms with Crippen LogP contribution in [0, 0.1) is 0 Å². The quantitative estimate of drug-likeness (QED) is 0.255. The number of amides is 3. The number of ether oxygens (including phenoxy) is 2. The van der Waals surface area contributed by atoms with Crippen LogP contribution in [0.2, 0.25) is 0 Å².